The van der Waals surface area contributed by atoms with Crippen molar-refractivity contribution in [3.63, 3.8) is 0 Å². The fourth-order valence-electron chi connectivity index (χ4n) is 3.38. The maximum absolute atomic E-state index is 13.4. The van der Waals surface area contributed by atoms with Crippen molar-refractivity contribution in [2.75, 3.05) is 37.3 Å². The molecule has 2 amide bonds. The number of carbonyl (C=O) groups is 2. The molecule has 1 N–H and O–H groups in total. The van der Waals surface area contributed by atoms with E-state index in [-0.39, 0.29) is 18.4 Å². The van der Waals surface area contributed by atoms with Gasteiger partial charge in [-0.2, -0.15) is 0 Å². The van der Waals surface area contributed by atoms with Crippen LogP contribution in [0.3, 0.4) is 0 Å². The lowest BCUT2D eigenvalue weighted by molar-refractivity contribution is -0.138. The summed E-state index contributed by atoms with van der Waals surface area (Å²) in [6.45, 7) is 5.99. The lowest BCUT2D eigenvalue weighted by Gasteiger charge is -2.31. The van der Waals surface area contributed by atoms with Crippen molar-refractivity contribution in [2.24, 2.45) is 5.92 Å². The van der Waals surface area contributed by atoms with E-state index >= 15 is 0 Å². The zero-order valence-electron chi connectivity index (χ0n) is 20.5. The van der Waals surface area contributed by atoms with E-state index in [0.29, 0.717) is 24.4 Å². The van der Waals surface area contributed by atoms with Crippen molar-refractivity contribution in [2.45, 2.75) is 33.2 Å². The second-order valence-electron chi connectivity index (χ2n) is 8.61. The number of nitrogens with one attached hydrogen (secondary N) is 1. The molecule has 0 aliphatic rings. The van der Waals surface area contributed by atoms with Crippen LogP contribution in [0, 0.1) is 5.92 Å². The van der Waals surface area contributed by atoms with Gasteiger partial charge in [-0.15, -0.1) is 0 Å². The molecular formula is C25H35N3O5S. The third-order valence-electron chi connectivity index (χ3n) is 5.38. The Hall–Kier alpha value is -3.07. The highest BCUT2D eigenvalue weighted by Gasteiger charge is 2.29. The topological polar surface area (TPSA) is 96.0 Å². The molecule has 0 heterocycles. The molecule has 0 fully saturated rings. The minimum absolute atomic E-state index is 0.264. The number of rotatable bonds is 12. The number of nitrogens with zero attached hydrogens (tertiary/aromatic N) is 2. The molecular weight excluding hydrogens is 454 g/mol. The molecule has 0 unspecified atom stereocenters. The zero-order valence-corrected chi connectivity index (χ0v) is 21.3. The van der Waals surface area contributed by atoms with Gasteiger partial charge >= 0.3 is 0 Å². The van der Waals surface area contributed by atoms with Gasteiger partial charge in [0.25, 0.3) is 0 Å². The standard InChI is InChI=1S/C25H35N3O5S/c1-19(2)17-26-25(30)20(3)27(16-15-21-9-7-6-8-10-21)24(29)18-28(34(5,31)32)22-11-13-23(33-4)14-12-22/h6-14,19-20H,15-18H2,1-5H3,(H,26,30)/t20-/m0/s1. The Kier molecular flexibility index (Phi) is 9.92. The first-order valence-electron chi connectivity index (χ1n) is 11.3. The largest absolute Gasteiger partial charge is 0.497 e. The first kappa shape index (κ1) is 27.2. The number of amides is 2. The van der Waals surface area contributed by atoms with E-state index in [0.717, 1.165) is 16.1 Å². The van der Waals surface area contributed by atoms with Crippen LogP contribution in [0.25, 0.3) is 0 Å². The summed E-state index contributed by atoms with van der Waals surface area (Å²) in [5.41, 5.74) is 1.36. The van der Waals surface area contributed by atoms with Crippen molar-refractivity contribution < 1.29 is 22.7 Å². The second-order valence-corrected chi connectivity index (χ2v) is 10.5. The van der Waals surface area contributed by atoms with Gasteiger partial charge in [-0.25, -0.2) is 8.42 Å². The van der Waals surface area contributed by atoms with E-state index in [1.54, 1.807) is 31.2 Å². The summed E-state index contributed by atoms with van der Waals surface area (Å²) in [6, 6.07) is 15.3. The van der Waals surface area contributed by atoms with E-state index in [9.17, 15) is 18.0 Å². The first-order valence-corrected chi connectivity index (χ1v) is 13.1. The molecule has 1 atom stereocenters. The Balaban J connectivity index is 2.28. The highest BCUT2D eigenvalue weighted by molar-refractivity contribution is 7.92. The van der Waals surface area contributed by atoms with Crippen molar-refractivity contribution >= 4 is 27.5 Å². The van der Waals surface area contributed by atoms with Gasteiger partial charge in [-0.3, -0.25) is 13.9 Å². The van der Waals surface area contributed by atoms with Crippen LogP contribution in [0.2, 0.25) is 0 Å². The monoisotopic (exact) mass is 489 g/mol. The number of hydrogen-bond acceptors (Lipinski definition) is 5. The van der Waals surface area contributed by atoms with E-state index in [1.165, 1.54) is 12.0 Å². The molecule has 0 saturated heterocycles. The molecule has 0 aliphatic heterocycles. The number of methoxy groups -OCH3 is 1. The SMILES string of the molecule is COc1ccc(N(CC(=O)N(CCc2ccccc2)[C@@H](C)C(=O)NCC(C)C)S(C)(=O)=O)cc1. The van der Waals surface area contributed by atoms with E-state index in [1.807, 2.05) is 44.2 Å². The molecule has 2 aromatic rings. The van der Waals surface area contributed by atoms with E-state index in [4.69, 9.17) is 4.74 Å². The minimum atomic E-state index is -3.76. The van der Waals surface area contributed by atoms with Gasteiger partial charge in [-0.1, -0.05) is 44.2 Å². The van der Waals surface area contributed by atoms with Gasteiger partial charge in [0.05, 0.1) is 19.1 Å². The summed E-state index contributed by atoms with van der Waals surface area (Å²) < 4.78 is 31.3. The van der Waals surface area contributed by atoms with Crippen molar-refractivity contribution in [1.29, 1.82) is 0 Å². The number of anilines is 1. The lowest BCUT2D eigenvalue weighted by Crippen LogP contribution is -2.52. The smallest absolute Gasteiger partial charge is 0.244 e. The van der Waals surface area contributed by atoms with Crippen molar-refractivity contribution in [3.8, 4) is 5.75 Å². The van der Waals surface area contributed by atoms with Crippen LogP contribution in [-0.4, -0.2) is 64.2 Å². The molecule has 0 bridgehead atoms. The average molecular weight is 490 g/mol. The van der Waals surface area contributed by atoms with Gasteiger partial charge in [0.15, 0.2) is 0 Å². The van der Waals surface area contributed by atoms with Gasteiger partial charge in [-0.05, 0) is 49.1 Å². The number of carbonyl (C=O) groups excluding carboxylic acids is 2. The third-order valence-corrected chi connectivity index (χ3v) is 6.52. The molecule has 0 aromatic heterocycles. The highest BCUT2D eigenvalue weighted by Crippen LogP contribution is 2.22. The normalized spacial score (nSPS) is 12.2. The maximum atomic E-state index is 13.4. The Labute approximate surface area is 202 Å². The fraction of sp³-hybridized carbons (Fsp3) is 0.440. The van der Waals surface area contributed by atoms with Crippen LogP contribution in [0.5, 0.6) is 5.75 Å². The molecule has 2 aromatic carbocycles. The molecule has 0 saturated carbocycles. The summed E-state index contributed by atoms with van der Waals surface area (Å²) >= 11 is 0. The van der Waals surface area contributed by atoms with Crippen LogP contribution in [0.1, 0.15) is 26.3 Å². The van der Waals surface area contributed by atoms with Crippen LogP contribution in [0.4, 0.5) is 5.69 Å². The van der Waals surface area contributed by atoms with Crippen LogP contribution >= 0.6 is 0 Å². The third kappa shape index (κ3) is 8.06. The number of ether oxygens (including phenoxy) is 1. The quantitative estimate of drug-likeness (QED) is 0.495. The number of sulfonamides is 1. The van der Waals surface area contributed by atoms with Gasteiger partial charge in [0.1, 0.15) is 18.3 Å². The zero-order chi connectivity index (χ0) is 25.3. The average Bonchev–Trinajstić information content (AvgIpc) is 2.81. The fourth-order valence-corrected chi connectivity index (χ4v) is 4.23. The Morgan fingerprint density at radius 2 is 1.62 bits per heavy atom. The maximum Gasteiger partial charge on any atom is 0.244 e. The predicted octanol–water partition coefficient (Wildman–Crippen LogP) is 2.69. The predicted molar refractivity (Wildman–Crippen MR) is 134 cm³/mol. The second kappa shape index (κ2) is 12.4. The lowest BCUT2D eigenvalue weighted by atomic mass is 10.1. The summed E-state index contributed by atoms with van der Waals surface area (Å²) in [6.07, 6.45) is 1.59. The van der Waals surface area contributed by atoms with Gasteiger partial charge in [0, 0.05) is 13.1 Å². The Bertz CT molecular complexity index is 1040. The van der Waals surface area contributed by atoms with Crippen LogP contribution in [-0.2, 0) is 26.0 Å². The summed E-state index contributed by atoms with van der Waals surface area (Å²) in [4.78, 5) is 27.6. The Morgan fingerprint density at radius 3 is 2.15 bits per heavy atom. The molecule has 8 nitrogen and oxygen atoms in total. The summed E-state index contributed by atoms with van der Waals surface area (Å²) in [5.74, 6) is 0.110. The van der Waals surface area contributed by atoms with Crippen molar-refractivity contribution in [1.82, 2.24) is 10.2 Å². The first-order chi connectivity index (χ1) is 16.0. The molecule has 0 radical (unpaired) electrons. The van der Waals surface area contributed by atoms with Crippen LogP contribution < -0.4 is 14.4 Å². The summed E-state index contributed by atoms with van der Waals surface area (Å²) in [5, 5.41) is 2.86. The minimum Gasteiger partial charge on any atom is -0.497 e. The van der Waals surface area contributed by atoms with E-state index < -0.39 is 28.5 Å². The molecule has 186 valence electrons. The summed E-state index contributed by atoms with van der Waals surface area (Å²) in [7, 11) is -2.24. The molecule has 2 rings (SSSR count). The molecule has 0 spiro atoms. The Morgan fingerprint density at radius 1 is 1.00 bits per heavy atom. The van der Waals surface area contributed by atoms with Gasteiger partial charge < -0.3 is 15.0 Å². The van der Waals surface area contributed by atoms with E-state index in [2.05, 4.69) is 5.32 Å². The molecule has 0 aliphatic carbocycles. The molecule has 34 heavy (non-hydrogen) atoms. The highest BCUT2D eigenvalue weighted by atomic mass is 32.2. The van der Waals surface area contributed by atoms with Crippen LogP contribution in [0.15, 0.2) is 54.6 Å². The van der Waals surface area contributed by atoms with Crippen molar-refractivity contribution in [3.05, 3.63) is 60.2 Å². The number of benzene rings is 2. The van der Waals surface area contributed by atoms with Gasteiger partial charge in [0.2, 0.25) is 21.8 Å². The number of hydrogen-bond donors (Lipinski definition) is 1. The molecule has 9 heteroatoms.